The molecule has 1 fully saturated rings. The van der Waals surface area contributed by atoms with Gasteiger partial charge in [-0.05, 0) is 27.7 Å². The Hall–Kier alpha value is -0.160. The first-order chi connectivity index (χ1) is 7.29. The lowest BCUT2D eigenvalue weighted by molar-refractivity contribution is -0.255. The van der Waals surface area contributed by atoms with Crippen molar-refractivity contribution in [2.45, 2.75) is 64.6 Å². The number of hydrogen-bond acceptors (Lipinski definition) is 4. The van der Waals surface area contributed by atoms with Gasteiger partial charge in [0, 0.05) is 5.92 Å². The van der Waals surface area contributed by atoms with Gasteiger partial charge in [-0.15, -0.1) is 0 Å². The summed E-state index contributed by atoms with van der Waals surface area (Å²) < 4.78 is 11.4. The van der Waals surface area contributed by atoms with Gasteiger partial charge in [-0.2, -0.15) is 0 Å². The number of hydrogen-bond donors (Lipinski definition) is 2. The lowest BCUT2D eigenvalue weighted by Gasteiger charge is -2.48. The highest BCUT2D eigenvalue weighted by molar-refractivity contribution is 4.95. The molecule has 0 aromatic rings. The molecule has 0 saturated carbocycles. The molecular formula is C12H24O4. The lowest BCUT2D eigenvalue weighted by atomic mass is 9.80. The van der Waals surface area contributed by atoms with Gasteiger partial charge in [0.2, 0.25) is 0 Å². The standard InChI is InChI=1S/C12H24O4/c1-7(2)15-11-8(3)12(4,5)16-9(6-13)10(11)14/h7-11,13-14H,6H2,1-5H3/t8?,9?,10-,11+/m0/s1. The SMILES string of the molecule is CC(C)O[C@@H]1C(C)C(C)(C)OC(CO)[C@@H]1O. The number of aliphatic hydroxyl groups is 2. The molecule has 1 rings (SSSR count). The van der Waals surface area contributed by atoms with Crippen molar-refractivity contribution in [3.63, 3.8) is 0 Å². The van der Waals surface area contributed by atoms with Crippen molar-refractivity contribution in [3.8, 4) is 0 Å². The molecule has 4 heteroatoms. The Morgan fingerprint density at radius 2 is 1.94 bits per heavy atom. The van der Waals surface area contributed by atoms with Crippen LogP contribution in [-0.2, 0) is 9.47 Å². The van der Waals surface area contributed by atoms with Crippen molar-refractivity contribution < 1.29 is 19.7 Å². The highest BCUT2D eigenvalue weighted by Gasteiger charge is 2.47. The highest BCUT2D eigenvalue weighted by Crippen LogP contribution is 2.36. The van der Waals surface area contributed by atoms with Gasteiger partial charge in [-0.25, -0.2) is 0 Å². The van der Waals surface area contributed by atoms with E-state index in [1.165, 1.54) is 0 Å². The third-order valence-corrected chi connectivity index (χ3v) is 3.37. The van der Waals surface area contributed by atoms with Gasteiger partial charge >= 0.3 is 0 Å². The van der Waals surface area contributed by atoms with Crippen molar-refractivity contribution in [3.05, 3.63) is 0 Å². The molecule has 0 bridgehead atoms. The molecular weight excluding hydrogens is 208 g/mol. The van der Waals surface area contributed by atoms with E-state index in [4.69, 9.17) is 9.47 Å². The largest absolute Gasteiger partial charge is 0.394 e. The van der Waals surface area contributed by atoms with Crippen LogP contribution in [0.25, 0.3) is 0 Å². The predicted molar refractivity (Wildman–Crippen MR) is 61.2 cm³/mol. The summed E-state index contributed by atoms with van der Waals surface area (Å²) in [6.07, 6.45) is -1.57. The van der Waals surface area contributed by atoms with Gasteiger partial charge in [-0.3, -0.25) is 0 Å². The summed E-state index contributed by atoms with van der Waals surface area (Å²) in [5, 5.41) is 19.3. The fourth-order valence-corrected chi connectivity index (χ4v) is 2.13. The zero-order valence-electron chi connectivity index (χ0n) is 10.8. The number of ether oxygens (including phenoxy) is 2. The zero-order valence-corrected chi connectivity index (χ0v) is 10.8. The summed E-state index contributed by atoms with van der Waals surface area (Å²) in [7, 11) is 0. The Labute approximate surface area is 97.6 Å². The van der Waals surface area contributed by atoms with E-state index in [-0.39, 0.29) is 24.7 Å². The van der Waals surface area contributed by atoms with Gasteiger partial charge in [0.25, 0.3) is 0 Å². The first-order valence-electron chi connectivity index (χ1n) is 5.91. The third-order valence-electron chi connectivity index (χ3n) is 3.37. The molecule has 0 spiro atoms. The minimum absolute atomic E-state index is 0.0512. The summed E-state index contributed by atoms with van der Waals surface area (Å²) in [4.78, 5) is 0. The Morgan fingerprint density at radius 1 is 1.38 bits per heavy atom. The second-order valence-electron chi connectivity index (χ2n) is 5.37. The monoisotopic (exact) mass is 232 g/mol. The summed E-state index contributed by atoms with van der Waals surface area (Å²) in [6, 6.07) is 0. The number of aliphatic hydroxyl groups excluding tert-OH is 2. The molecule has 4 atom stereocenters. The molecule has 1 heterocycles. The molecule has 0 aromatic carbocycles. The summed E-state index contributed by atoms with van der Waals surface area (Å²) >= 11 is 0. The average Bonchev–Trinajstić information content (AvgIpc) is 2.18. The molecule has 2 unspecified atom stereocenters. The normalized spacial score (nSPS) is 39.0. The van der Waals surface area contributed by atoms with Gasteiger partial charge in [0.05, 0.1) is 24.4 Å². The maximum absolute atomic E-state index is 10.1. The van der Waals surface area contributed by atoms with Gasteiger partial charge in [-0.1, -0.05) is 6.92 Å². The molecule has 0 radical (unpaired) electrons. The summed E-state index contributed by atoms with van der Waals surface area (Å²) in [5.41, 5.74) is -0.397. The van der Waals surface area contributed by atoms with E-state index in [0.717, 1.165) is 0 Å². The van der Waals surface area contributed by atoms with Crippen LogP contribution in [0.15, 0.2) is 0 Å². The van der Waals surface area contributed by atoms with E-state index in [1.54, 1.807) is 0 Å². The minimum atomic E-state index is -0.768. The second-order valence-corrected chi connectivity index (χ2v) is 5.37. The molecule has 0 amide bonds. The van der Waals surface area contributed by atoms with E-state index in [1.807, 2.05) is 34.6 Å². The Bertz CT molecular complexity index is 227. The summed E-state index contributed by atoms with van der Waals surface area (Å²) in [5.74, 6) is 0.0766. The topological polar surface area (TPSA) is 58.9 Å². The molecule has 16 heavy (non-hydrogen) atoms. The quantitative estimate of drug-likeness (QED) is 0.760. The first-order valence-corrected chi connectivity index (χ1v) is 5.91. The molecule has 1 saturated heterocycles. The van der Waals surface area contributed by atoms with Crippen molar-refractivity contribution in [2.75, 3.05) is 6.61 Å². The van der Waals surface area contributed by atoms with Crippen LogP contribution in [0.1, 0.15) is 34.6 Å². The molecule has 1 aliphatic heterocycles. The average molecular weight is 232 g/mol. The molecule has 1 aliphatic rings. The Kier molecular flexibility index (Phi) is 4.35. The lowest BCUT2D eigenvalue weighted by Crippen LogP contribution is -2.60. The van der Waals surface area contributed by atoms with Crippen LogP contribution in [-0.4, -0.2) is 46.8 Å². The molecule has 96 valence electrons. The van der Waals surface area contributed by atoms with Crippen molar-refractivity contribution in [1.82, 2.24) is 0 Å². The smallest absolute Gasteiger partial charge is 0.110 e. The van der Waals surface area contributed by atoms with Crippen LogP contribution in [0.3, 0.4) is 0 Å². The van der Waals surface area contributed by atoms with Gasteiger partial charge in [0.15, 0.2) is 0 Å². The van der Waals surface area contributed by atoms with Crippen LogP contribution < -0.4 is 0 Å². The molecule has 4 nitrogen and oxygen atoms in total. The maximum Gasteiger partial charge on any atom is 0.110 e. The Balaban J connectivity index is 2.84. The van der Waals surface area contributed by atoms with E-state index in [0.29, 0.717) is 0 Å². The van der Waals surface area contributed by atoms with Crippen LogP contribution in [0, 0.1) is 5.92 Å². The van der Waals surface area contributed by atoms with E-state index < -0.39 is 17.8 Å². The number of rotatable bonds is 3. The van der Waals surface area contributed by atoms with Gasteiger partial charge < -0.3 is 19.7 Å². The van der Waals surface area contributed by atoms with E-state index >= 15 is 0 Å². The molecule has 2 N–H and O–H groups in total. The van der Waals surface area contributed by atoms with Crippen molar-refractivity contribution in [1.29, 1.82) is 0 Å². The molecule has 0 aliphatic carbocycles. The minimum Gasteiger partial charge on any atom is -0.394 e. The Morgan fingerprint density at radius 3 is 2.38 bits per heavy atom. The summed E-state index contributed by atoms with van der Waals surface area (Å²) in [6.45, 7) is 9.62. The maximum atomic E-state index is 10.1. The predicted octanol–water partition coefficient (Wildman–Crippen LogP) is 0.947. The van der Waals surface area contributed by atoms with Crippen LogP contribution in [0.2, 0.25) is 0 Å². The molecule has 0 aromatic heterocycles. The second kappa shape index (κ2) is 5.00. The first kappa shape index (κ1) is 13.9. The zero-order chi connectivity index (χ0) is 12.5. The van der Waals surface area contributed by atoms with Crippen LogP contribution in [0.5, 0.6) is 0 Å². The third kappa shape index (κ3) is 2.74. The van der Waals surface area contributed by atoms with Crippen molar-refractivity contribution in [2.24, 2.45) is 5.92 Å². The highest BCUT2D eigenvalue weighted by atomic mass is 16.6. The van der Waals surface area contributed by atoms with E-state index in [2.05, 4.69) is 0 Å². The van der Waals surface area contributed by atoms with Crippen molar-refractivity contribution >= 4 is 0 Å². The fraction of sp³-hybridized carbons (Fsp3) is 1.00. The van der Waals surface area contributed by atoms with Gasteiger partial charge in [0.1, 0.15) is 12.2 Å². The van der Waals surface area contributed by atoms with Crippen LogP contribution >= 0.6 is 0 Å². The fourth-order valence-electron chi connectivity index (χ4n) is 2.13. The van der Waals surface area contributed by atoms with E-state index in [9.17, 15) is 10.2 Å². The van der Waals surface area contributed by atoms with Crippen LogP contribution in [0.4, 0.5) is 0 Å².